The van der Waals surface area contributed by atoms with Gasteiger partial charge in [-0.15, -0.1) is 0 Å². The smallest absolute Gasteiger partial charge is 0.0268 e. The van der Waals surface area contributed by atoms with Crippen LogP contribution in [0.5, 0.6) is 0 Å². The van der Waals surface area contributed by atoms with Crippen LogP contribution >= 0.6 is 0 Å². The van der Waals surface area contributed by atoms with Crippen LogP contribution in [0.4, 0.5) is 0 Å². The predicted molar refractivity (Wildman–Crippen MR) is 66.3 cm³/mol. The van der Waals surface area contributed by atoms with Gasteiger partial charge in [-0.3, -0.25) is 4.90 Å². The van der Waals surface area contributed by atoms with Gasteiger partial charge in [-0.25, -0.2) is 0 Å². The number of rotatable bonds is 0. The highest BCUT2D eigenvalue weighted by atomic mass is 15.2. The fraction of sp³-hybridized carbons (Fsp3) is 1.00. The molecule has 4 atom stereocenters. The minimum Gasteiger partial charge on any atom is -0.297 e. The normalized spacial score (nSPS) is 52.1. The van der Waals surface area contributed by atoms with Crippen LogP contribution in [0.25, 0.3) is 0 Å². The van der Waals surface area contributed by atoms with E-state index < -0.39 is 0 Å². The van der Waals surface area contributed by atoms with Crippen LogP contribution in [0.3, 0.4) is 0 Å². The maximum absolute atomic E-state index is 2.96. The van der Waals surface area contributed by atoms with Gasteiger partial charge >= 0.3 is 0 Å². The summed E-state index contributed by atoms with van der Waals surface area (Å²) in [5.41, 5.74) is 0.720. The lowest BCUT2D eigenvalue weighted by Crippen LogP contribution is -2.68. The lowest BCUT2D eigenvalue weighted by atomic mass is 9.51. The Labute approximate surface area is 99.6 Å². The zero-order valence-electron chi connectivity index (χ0n) is 10.5. The first-order valence-corrected chi connectivity index (χ1v) is 7.66. The van der Waals surface area contributed by atoms with Crippen molar-refractivity contribution in [1.82, 2.24) is 4.90 Å². The van der Waals surface area contributed by atoms with Crippen molar-refractivity contribution in [3.05, 3.63) is 0 Å². The standard InChI is InChI=1S/C15H25N/c1-4-12-7-8-13-5-2-10-16-11-3-6-14(12)15(13,16)9-1/h12-14H,1-11H2/t12-,13+,14+,15-/m0/s1. The van der Waals surface area contributed by atoms with Gasteiger partial charge in [-0.2, -0.15) is 0 Å². The summed E-state index contributed by atoms with van der Waals surface area (Å²) in [6.07, 6.45) is 13.9. The molecule has 0 amide bonds. The molecule has 90 valence electrons. The maximum atomic E-state index is 2.96. The third-order valence-electron chi connectivity index (χ3n) is 6.47. The van der Waals surface area contributed by atoms with E-state index in [1.54, 1.807) is 38.5 Å². The molecule has 2 bridgehead atoms. The van der Waals surface area contributed by atoms with E-state index in [1.165, 1.54) is 32.4 Å². The molecular formula is C15H25N. The van der Waals surface area contributed by atoms with E-state index in [9.17, 15) is 0 Å². The monoisotopic (exact) mass is 219 g/mol. The molecule has 4 fully saturated rings. The molecule has 4 rings (SSSR count). The third kappa shape index (κ3) is 1.11. The van der Waals surface area contributed by atoms with Crippen LogP contribution in [0.2, 0.25) is 0 Å². The van der Waals surface area contributed by atoms with Gasteiger partial charge in [0.1, 0.15) is 0 Å². The van der Waals surface area contributed by atoms with E-state index in [0.29, 0.717) is 0 Å². The Morgan fingerprint density at radius 2 is 1.69 bits per heavy atom. The summed E-state index contributed by atoms with van der Waals surface area (Å²) in [4.78, 5) is 2.96. The molecule has 0 aromatic rings. The predicted octanol–water partition coefficient (Wildman–Crippen LogP) is 3.44. The highest BCUT2D eigenvalue weighted by Gasteiger charge is 2.57. The fourth-order valence-corrected chi connectivity index (χ4v) is 6.05. The molecule has 0 N–H and O–H groups in total. The van der Waals surface area contributed by atoms with Gasteiger partial charge in [-0.05, 0) is 75.8 Å². The lowest BCUT2D eigenvalue weighted by Gasteiger charge is -2.65. The number of hydrogen-bond acceptors (Lipinski definition) is 1. The van der Waals surface area contributed by atoms with Gasteiger partial charge in [0.15, 0.2) is 0 Å². The highest BCUT2D eigenvalue weighted by molar-refractivity contribution is 5.11. The average Bonchev–Trinajstić information content (AvgIpc) is 2.31. The van der Waals surface area contributed by atoms with Crippen molar-refractivity contribution in [2.75, 3.05) is 13.1 Å². The SMILES string of the molecule is C1C[C@@H]2CC[C@@H]3CCC[C@@]24[C@@H]3CCCN4C1. The van der Waals surface area contributed by atoms with E-state index in [0.717, 1.165) is 23.3 Å². The second-order valence-corrected chi connectivity index (χ2v) is 6.80. The summed E-state index contributed by atoms with van der Waals surface area (Å²) in [6.45, 7) is 2.86. The maximum Gasteiger partial charge on any atom is 0.0268 e. The summed E-state index contributed by atoms with van der Waals surface area (Å²) in [5.74, 6) is 3.31. The van der Waals surface area contributed by atoms with Crippen LogP contribution in [0.1, 0.15) is 57.8 Å². The topological polar surface area (TPSA) is 3.24 Å². The Kier molecular flexibility index (Phi) is 2.16. The van der Waals surface area contributed by atoms with Crippen LogP contribution in [0.15, 0.2) is 0 Å². The van der Waals surface area contributed by atoms with Crippen molar-refractivity contribution in [3.63, 3.8) is 0 Å². The lowest BCUT2D eigenvalue weighted by molar-refractivity contribution is -0.146. The molecule has 2 aliphatic carbocycles. The number of hydrogen-bond donors (Lipinski definition) is 0. The van der Waals surface area contributed by atoms with Gasteiger partial charge in [0.05, 0.1) is 0 Å². The van der Waals surface area contributed by atoms with Gasteiger partial charge in [0, 0.05) is 5.54 Å². The molecule has 0 unspecified atom stereocenters. The first-order valence-electron chi connectivity index (χ1n) is 7.66. The zero-order chi connectivity index (χ0) is 10.6. The molecule has 0 radical (unpaired) electrons. The summed E-state index contributed by atoms with van der Waals surface area (Å²) in [5, 5.41) is 0. The first kappa shape index (κ1) is 9.94. The second-order valence-electron chi connectivity index (χ2n) is 6.80. The van der Waals surface area contributed by atoms with E-state index >= 15 is 0 Å². The van der Waals surface area contributed by atoms with Gasteiger partial charge in [-0.1, -0.05) is 12.8 Å². The van der Waals surface area contributed by atoms with Crippen molar-refractivity contribution in [3.8, 4) is 0 Å². The molecule has 0 aromatic carbocycles. The molecule has 1 heteroatoms. The summed E-state index contributed by atoms with van der Waals surface area (Å²) >= 11 is 0. The first-order chi connectivity index (χ1) is 7.91. The fourth-order valence-electron chi connectivity index (χ4n) is 6.05. The molecule has 16 heavy (non-hydrogen) atoms. The van der Waals surface area contributed by atoms with Crippen LogP contribution in [-0.2, 0) is 0 Å². The van der Waals surface area contributed by atoms with Crippen LogP contribution in [-0.4, -0.2) is 23.5 Å². The zero-order valence-corrected chi connectivity index (χ0v) is 10.5. The van der Waals surface area contributed by atoms with Crippen molar-refractivity contribution in [1.29, 1.82) is 0 Å². The van der Waals surface area contributed by atoms with Gasteiger partial charge < -0.3 is 0 Å². The number of piperidine rings is 2. The van der Waals surface area contributed by atoms with E-state index in [1.807, 2.05) is 0 Å². The van der Waals surface area contributed by atoms with E-state index in [-0.39, 0.29) is 0 Å². The Balaban J connectivity index is 1.77. The highest BCUT2D eigenvalue weighted by Crippen LogP contribution is 2.59. The molecule has 2 saturated carbocycles. The molecule has 2 aliphatic heterocycles. The minimum absolute atomic E-state index is 0.720. The number of nitrogens with zero attached hydrogens (tertiary/aromatic N) is 1. The van der Waals surface area contributed by atoms with Crippen LogP contribution < -0.4 is 0 Å². The van der Waals surface area contributed by atoms with E-state index in [2.05, 4.69) is 4.90 Å². The minimum atomic E-state index is 0.720. The molecule has 2 saturated heterocycles. The molecular weight excluding hydrogens is 194 g/mol. The quantitative estimate of drug-likeness (QED) is 0.603. The molecule has 0 aromatic heterocycles. The van der Waals surface area contributed by atoms with Gasteiger partial charge in [0.25, 0.3) is 0 Å². The average molecular weight is 219 g/mol. The Bertz CT molecular complexity index is 276. The Hall–Kier alpha value is -0.0400. The Morgan fingerprint density at radius 1 is 0.812 bits per heavy atom. The van der Waals surface area contributed by atoms with Crippen molar-refractivity contribution in [2.45, 2.75) is 63.3 Å². The molecule has 1 spiro atoms. The Morgan fingerprint density at radius 3 is 2.62 bits per heavy atom. The summed E-state index contributed by atoms with van der Waals surface area (Å²) in [6, 6.07) is 0. The molecule has 1 nitrogen and oxygen atoms in total. The molecule has 4 aliphatic rings. The largest absolute Gasteiger partial charge is 0.297 e. The summed E-state index contributed by atoms with van der Waals surface area (Å²) in [7, 11) is 0. The van der Waals surface area contributed by atoms with Crippen LogP contribution in [0, 0.1) is 17.8 Å². The molecule has 2 heterocycles. The summed E-state index contributed by atoms with van der Waals surface area (Å²) < 4.78 is 0. The van der Waals surface area contributed by atoms with Crippen molar-refractivity contribution < 1.29 is 0 Å². The second kappa shape index (κ2) is 3.48. The third-order valence-corrected chi connectivity index (χ3v) is 6.47. The van der Waals surface area contributed by atoms with E-state index in [4.69, 9.17) is 0 Å². The van der Waals surface area contributed by atoms with Crippen molar-refractivity contribution in [2.24, 2.45) is 17.8 Å². The van der Waals surface area contributed by atoms with Crippen molar-refractivity contribution >= 4 is 0 Å². The van der Waals surface area contributed by atoms with Gasteiger partial charge in [0.2, 0.25) is 0 Å².